The molecule has 2 unspecified atom stereocenters. The normalized spacial score (nSPS) is 19.3. The van der Waals surface area contributed by atoms with E-state index in [1.54, 1.807) is 6.92 Å². The van der Waals surface area contributed by atoms with Crippen LogP contribution in [-0.4, -0.2) is 21.4 Å². The molecule has 2 atom stereocenters. The van der Waals surface area contributed by atoms with E-state index in [0.29, 0.717) is 4.90 Å². The number of rotatable bonds is 4. The SMILES string of the molecule is CC(C(=O)NC1CCCCC1)S(=O)c1ccc(F)cc1. The van der Waals surface area contributed by atoms with Crippen molar-refractivity contribution in [3.63, 3.8) is 0 Å². The van der Waals surface area contributed by atoms with Gasteiger partial charge in [0.1, 0.15) is 11.1 Å². The topological polar surface area (TPSA) is 46.2 Å². The molecule has 5 heteroatoms. The highest BCUT2D eigenvalue weighted by Gasteiger charge is 2.24. The summed E-state index contributed by atoms with van der Waals surface area (Å²) in [5, 5.41) is 2.35. The lowest BCUT2D eigenvalue weighted by Crippen LogP contribution is -2.42. The quantitative estimate of drug-likeness (QED) is 0.929. The molecule has 0 aliphatic heterocycles. The van der Waals surface area contributed by atoms with Crippen molar-refractivity contribution in [2.45, 2.75) is 55.2 Å². The van der Waals surface area contributed by atoms with Crippen molar-refractivity contribution < 1.29 is 13.4 Å². The van der Waals surface area contributed by atoms with Crippen LogP contribution in [0.1, 0.15) is 39.0 Å². The second kappa shape index (κ2) is 6.97. The number of hydrogen-bond acceptors (Lipinski definition) is 2. The number of nitrogens with one attached hydrogen (secondary N) is 1. The van der Waals surface area contributed by atoms with Gasteiger partial charge in [-0.3, -0.25) is 9.00 Å². The summed E-state index contributed by atoms with van der Waals surface area (Å²) in [6.45, 7) is 1.65. The minimum atomic E-state index is -1.45. The summed E-state index contributed by atoms with van der Waals surface area (Å²) in [5.74, 6) is -0.551. The zero-order valence-corrected chi connectivity index (χ0v) is 12.4. The van der Waals surface area contributed by atoms with Gasteiger partial charge in [0.05, 0.1) is 10.8 Å². The molecule has 1 amide bonds. The predicted molar refractivity (Wildman–Crippen MR) is 77.3 cm³/mol. The van der Waals surface area contributed by atoms with Crippen LogP contribution in [0.15, 0.2) is 29.2 Å². The molecule has 1 aliphatic carbocycles. The zero-order valence-electron chi connectivity index (χ0n) is 11.6. The van der Waals surface area contributed by atoms with E-state index in [-0.39, 0.29) is 17.8 Å². The van der Waals surface area contributed by atoms with Crippen molar-refractivity contribution >= 4 is 16.7 Å². The zero-order chi connectivity index (χ0) is 14.5. The fourth-order valence-corrected chi connectivity index (χ4v) is 3.51. The van der Waals surface area contributed by atoms with Gasteiger partial charge >= 0.3 is 0 Å². The van der Waals surface area contributed by atoms with E-state index in [2.05, 4.69) is 5.32 Å². The molecule has 1 aliphatic rings. The maximum Gasteiger partial charge on any atom is 0.236 e. The van der Waals surface area contributed by atoms with Crippen LogP contribution >= 0.6 is 0 Å². The van der Waals surface area contributed by atoms with Gasteiger partial charge in [0, 0.05) is 10.9 Å². The average molecular weight is 297 g/mol. The number of carbonyl (C=O) groups excluding carboxylic acids is 1. The first-order valence-corrected chi connectivity index (χ1v) is 8.26. The van der Waals surface area contributed by atoms with Crippen molar-refractivity contribution in [3.05, 3.63) is 30.1 Å². The van der Waals surface area contributed by atoms with Crippen LogP contribution in [0.2, 0.25) is 0 Å². The summed E-state index contributed by atoms with van der Waals surface area (Å²) >= 11 is 0. The van der Waals surface area contributed by atoms with Crippen LogP contribution in [0.5, 0.6) is 0 Å². The maximum atomic E-state index is 12.8. The lowest BCUT2D eigenvalue weighted by Gasteiger charge is -2.24. The standard InChI is InChI=1S/C15H20FNO2S/c1-11(15(18)17-13-5-3-2-4-6-13)20(19)14-9-7-12(16)8-10-14/h7-11,13H,2-6H2,1H3,(H,17,18). The third kappa shape index (κ3) is 3.88. The maximum absolute atomic E-state index is 12.8. The van der Waals surface area contributed by atoms with Crippen molar-refractivity contribution in [2.75, 3.05) is 0 Å². The van der Waals surface area contributed by atoms with Gasteiger partial charge in [-0.15, -0.1) is 0 Å². The monoisotopic (exact) mass is 297 g/mol. The molecule has 1 aromatic carbocycles. The Kier molecular flexibility index (Phi) is 5.29. The van der Waals surface area contributed by atoms with E-state index in [4.69, 9.17) is 0 Å². The summed E-state index contributed by atoms with van der Waals surface area (Å²) < 4.78 is 25.1. The number of amides is 1. The average Bonchev–Trinajstić information content (AvgIpc) is 2.47. The molecule has 1 aromatic rings. The van der Waals surface area contributed by atoms with Gasteiger partial charge in [0.25, 0.3) is 0 Å². The van der Waals surface area contributed by atoms with Crippen molar-refractivity contribution in [1.82, 2.24) is 5.32 Å². The molecule has 0 radical (unpaired) electrons. The van der Waals surface area contributed by atoms with Gasteiger partial charge in [-0.1, -0.05) is 19.3 Å². The van der Waals surface area contributed by atoms with Gasteiger partial charge in [0.2, 0.25) is 5.91 Å². The van der Waals surface area contributed by atoms with Crippen LogP contribution in [0.3, 0.4) is 0 Å². The van der Waals surface area contributed by atoms with E-state index in [9.17, 15) is 13.4 Å². The molecule has 1 fully saturated rings. The molecule has 110 valence electrons. The van der Waals surface area contributed by atoms with E-state index in [1.165, 1.54) is 30.7 Å². The first-order valence-electron chi connectivity index (χ1n) is 7.04. The minimum Gasteiger partial charge on any atom is -0.352 e. The first kappa shape index (κ1) is 15.2. The molecule has 20 heavy (non-hydrogen) atoms. The van der Waals surface area contributed by atoms with Gasteiger partial charge in [0.15, 0.2) is 0 Å². The van der Waals surface area contributed by atoms with Crippen molar-refractivity contribution in [3.8, 4) is 0 Å². The summed E-state index contributed by atoms with van der Waals surface area (Å²) in [7, 11) is -1.45. The Labute approximate surface area is 121 Å². The number of halogens is 1. The molecule has 0 aromatic heterocycles. The molecule has 1 N–H and O–H groups in total. The molecule has 0 spiro atoms. The molecular weight excluding hydrogens is 277 g/mol. The molecule has 3 nitrogen and oxygen atoms in total. The Morgan fingerprint density at radius 2 is 1.85 bits per heavy atom. The molecule has 1 saturated carbocycles. The Balaban J connectivity index is 1.95. The van der Waals surface area contributed by atoms with E-state index >= 15 is 0 Å². The van der Waals surface area contributed by atoms with Crippen molar-refractivity contribution in [1.29, 1.82) is 0 Å². The van der Waals surface area contributed by atoms with Crippen LogP contribution in [0, 0.1) is 5.82 Å². The molecular formula is C15H20FNO2S. The lowest BCUT2D eigenvalue weighted by molar-refractivity contribution is -0.121. The summed E-state index contributed by atoms with van der Waals surface area (Å²) in [6.07, 6.45) is 5.51. The first-order chi connectivity index (χ1) is 9.58. The number of carbonyl (C=O) groups is 1. The van der Waals surface area contributed by atoms with Crippen LogP contribution in [0.25, 0.3) is 0 Å². The van der Waals surface area contributed by atoms with Gasteiger partial charge < -0.3 is 5.32 Å². The van der Waals surface area contributed by atoms with Crippen LogP contribution in [0.4, 0.5) is 4.39 Å². The summed E-state index contributed by atoms with van der Waals surface area (Å²) in [5.41, 5.74) is 0. The van der Waals surface area contributed by atoms with Gasteiger partial charge in [-0.25, -0.2) is 4.39 Å². The largest absolute Gasteiger partial charge is 0.352 e. The lowest BCUT2D eigenvalue weighted by atomic mass is 9.95. The smallest absolute Gasteiger partial charge is 0.236 e. The fourth-order valence-electron chi connectivity index (χ4n) is 2.44. The second-order valence-electron chi connectivity index (χ2n) is 5.24. The Morgan fingerprint density at radius 1 is 1.25 bits per heavy atom. The molecule has 0 heterocycles. The molecule has 2 rings (SSSR count). The van der Waals surface area contributed by atoms with Crippen LogP contribution in [-0.2, 0) is 15.6 Å². The highest BCUT2D eigenvalue weighted by Crippen LogP contribution is 2.18. The summed E-state index contributed by atoms with van der Waals surface area (Å²) in [4.78, 5) is 12.6. The van der Waals surface area contributed by atoms with E-state index in [0.717, 1.165) is 25.7 Å². The van der Waals surface area contributed by atoms with Gasteiger partial charge in [-0.2, -0.15) is 0 Å². The Morgan fingerprint density at radius 3 is 2.45 bits per heavy atom. The third-order valence-electron chi connectivity index (χ3n) is 3.69. The predicted octanol–water partition coefficient (Wildman–Crippen LogP) is 2.77. The van der Waals surface area contributed by atoms with E-state index < -0.39 is 16.0 Å². The Bertz CT molecular complexity index is 483. The minimum absolute atomic E-state index is 0.181. The highest BCUT2D eigenvalue weighted by atomic mass is 32.2. The van der Waals surface area contributed by atoms with E-state index in [1.807, 2.05) is 0 Å². The van der Waals surface area contributed by atoms with Crippen LogP contribution < -0.4 is 5.32 Å². The fraction of sp³-hybridized carbons (Fsp3) is 0.533. The summed E-state index contributed by atoms with van der Waals surface area (Å²) in [6, 6.07) is 5.67. The van der Waals surface area contributed by atoms with Gasteiger partial charge in [-0.05, 0) is 44.0 Å². The third-order valence-corrected chi connectivity index (χ3v) is 5.28. The molecule has 0 saturated heterocycles. The molecule has 0 bridgehead atoms. The van der Waals surface area contributed by atoms with Crippen molar-refractivity contribution in [2.24, 2.45) is 0 Å². The second-order valence-corrected chi connectivity index (χ2v) is 7.01. The Hall–Kier alpha value is -1.23. The highest BCUT2D eigenvalue weighted by molar-refractivity contribution is 7.86. The number of hydrogen-bond donors (Lipinski definition) is 1. The number of benzene rings is 1.